The van der Waals surface area contributed by atoms with Gasteiger partial charge in [0.2, 0.25) is 0 Å². The summed E-state index contributed by atoms with van der Waals surface area (Å²) in [6.45, 7) is 0. The SMILES string of the molecule is O=C(Nc1cccnc1)c1ccc(F)c(-c2c(F)cccc2F)n1. The summed E-state index contributed by atoms with van der Waals surface area (Å²) in [5, 5.41) is 2.51. The van der Waals surface area contributed by atoms with Gasteiger partial charge in [0, 0.05) is 6.20 Å². The van der Waals surface area contributed by atoms with Gasteiger partial charge < -0.3 is 5.32 Å². The predicted octanol–water partition coefficient (Wildman–Crippen LogP) is 3.81. The first-order valence-electron chi connectivity index (χ1n) is 6.88. The Labute approximate surface area is 135 Å². The van der Waals surface area contributed by atoms with Gasteiger partial charge in [-0.15, -0.1) is 0 Å². The van der Waals surface area contributed by atoms with Gasteiger partial charge in [-0.2, -0.15) is 0 Å². The van der Waals surface area contributed by atoms with Crippen LogP contribution in [0.15, 0.2) is 54.9 Å². The van der Waals surface area contributed by atoms with E-state index in [1.807, 2.05) is 0 Å². The van der Waals surface area contributed by atoms with E-state index in [4.69, 9.17) is 0 Å². The largest absolute Gasteiger partial charge is 0.319 e. The predicted molar refractivity (Wildman–Crippen MR) is 81.7 cm³/mol. The summed E-state index contributed by atoms with van der Waals surface area (Å²) >= 11 is 0. The molecular formula is C17H10F3N3O. The number of rotatable bonds is 3. The molecule has 0 radical (unpaired) electrons. The maximum Gasteiger partial charge on any atom is 0.274 e. The average Bonchev–Trinajstić information content (AvgIpc) is 2.57. The maximum absolute atomic E-state index is 14.0. The van der Waals surface area contributed by atoms with Crippen LogP contribution in [0.25, 0.3) is 11.3 Å². The van der Waals surface area contributed by atoms with Gasteiger partial charge >= 0.3 is 0 Å². The summed E-state index contributed by atoms with van der Waals surface area (Å²) in [5.74, 6) is -3.52. The molecule has 0 unspecified atom stereocenters. The molecule has 0 bridgehead atoms. The van der Waals surface area contributed by atoms with E-state index in [9.17, 15) is 18.0 Å². The van der Waals surface area contributed by atoms with Crippen molar-refractivity contribution in [1.29, 1.82) is 0 Å². The number of pyridine rings is 2. The highest BCUT2D eigenvalue weighted by atomic mass is 19.1. The number of hydrogen-bond donors (Lipinski definition) is 1. The Morgan fingerprint density at radius 3 is 2.33 bits per heavy atom. The molecular weight excluding hydrogens is 319 g/mol. The molecule has 3 rings (SSSR count). The molecule has 0 aliphatic heterocycles. The van der Waals surface area contributed by atoms with E-state index >= 15 is 0 Å². The van der Waals surface area contributed by atoms with E-state index in [2.05, 4.69) is 15.3 Å². The Morgan fingerprint density at radius 1 is 0.917 bits per heavy atom. The van der Waals surface area contributed by atoms with Gasteiger partial charge in [-0.3, -0.25) is 9.78 Å². The van der Waals surface area contributed by atoms with E-state index in [0.29, 0.717) is 5.69 Å². The normalized spacial score (nSPS) is 10.5. The number of carbonyl (C=O) groups is 1. The Kier molecular flexibility index (Phi) is 4.24. The quantitative estimate of drug-likeness (QED) is 0.795. The Morgan fingerprint density at radius 2 is 1.67 bits per heavy atom. The van der Waals surface area contributed by atoms with Crippen molar-refractivity contribution in [1.82, 2.24) is 9.97 Å². The molecule has 0 atom stereocenters. The molecule has 4 nitrogen and oxygen atoms in total. The lowest BCUT2D eigenvalue weighted by Crippen LogP contribution is -2.14. The van der Waals surface area contributed by atoms with Crippen molar-refractivity contribution in [2.75, 3.05) is 5.32 Å². The lowest BCUT2D eigenvalue weighted by atomic mass is 10.1. The van der Waals surface area contributed by atoms with Crippen LogP contribution in [0.1, 0.15) is 10.5 Å². The zero-order valence-corrected chi connectivity index (χ0v) is 12.1. The second-order valence-electron chi connectivity index (χ2n) is 4.82. The minimum absolute atomic E-state index is 0.182. The number of halogens is 3. The van der Waals surface area contributed by atoms with Crippen molar-refractivity contribution in [3.8, 4) is 11.3 Å². The molecule has 0 saturated heterocycles. The zero-order chi connectivity index (χ0) is 17.1. The summed E-state index contributed by atoms with van der Waals surface area (Å²) in [6, 6.07) is 8.42. The molecule has 0 aliphatic carbocycles. The first-order valence-corrected chi connectivity index (χ1v) is 6.88. The van der Waals surface area contributed by atoms with Crippen LogP contribution in [0, 0.1) is 17.5 Å². The molecule has 2 heterocycles. The molecule has 120 valence electrons. The number of amides is 1. The Balaban J connectivity index is 1.99. The van der Waals surface area contributed by atoms with Crippen LogP contribution in [-0.2, 0) is 0 Å². The fraction of sp³-hybridized carbons (Fsp3) is 0. The lowest BCUT2D eigenvalue weighted by molar-refractivity contribution is 0.102. The van der Waals surface area contributed by atoms with Crippen molar-refractivity contribution in [2.24, 2.45) is 0 Å². The van der Waals surface area contributed by atoms with Crippen LogP contribution in [0.4, 0.5) is 18.9 Å². The molecule has 24 heavy (non-hydrogen) atoms. The van der Waals surface area contributed by atoms with Gasteiger partial charge in [0.25, 0.3) is 5.91 Å². The van der Waals surface area contributed by atoms with E-state index in [-0.39, 0.29) is 5.69 Å². The number of benzene rings is 1. The number of nitrogens with zero attached hydrogens (tertiary/aromatic N) is 2. The number of carbonyl (C=O) groups excluding carboxylic acids is 1. The van der Waals surface area contributed by atoms with Crippen LogP contribution in [0.5, 0.6) is 0 Å². The van der Waals surface area contributed by atoms with Gasteiger partial charge in [-0.25, -0.2) is 18.2 Å². The van der Waals surface area contributed by atoms with Gasteiger partial charge in [-0.05, 0) is 36.4 Å². The zero-order valence-electron chi connectivity index (χ0n) is 12.1. The highest BCUT2D eigenvalue weighted by Gasteiger charge is 2.19. The van der Waals surface area contributed by atoms with Crippen LogP contribution in [-0.4, -0.2) is 15.9 Å². The minimum atomic E-state index is -0.966. The Hall–Kier alpha value is -3.22. The fourth-order valence-electron chi connectivity index (χ4n) is 2.10. The first-order chi connectivity index (χ1) is 11.6. The summed E-state index contributed by atoms with van der Waals surface area (Å²) in [6.07, 6.45) is 2.95. The first kappa shape index (κ1) is 15.7. The number of anilines is 1. The van der Waals surface area contributed by atoms with E-state index in [1.54, 1.807) is 12.1 Å². The third-order valence-electron chi connectivity index (χ3n) is 3.20. The van der Waals surface area contributed by atoms with E-state index in [0.717, 1.165) is 30.3 Å². The number of nitrogens with one attached hydrogen (secondary N) is 1. The van der Waals surface area contributed by atoms with Crippen molar-refractivity contribution < 1.29 is 18.0 Å². The molecule has 1 aromatic carbocycles. The van der Waals surface area contributed by atoms with E-state index < -0.39 is 34.6 Å². The summed E-state index contributed by atoms with van der Waals surface area (Å²) < 4.78 is 41.6. The third kappa shape index (κ3) is 3.10. The smallest absolute Gasteiger partial charge is 0.274 e. The molecule has 2 aromatic heterocycles. The number of aromatic nitrogens is 2. The van der Waals surface area contributed by atoms with Gasteiger partial charge in [-0.1, -0.05) is 6.07 Å². The van der Waals surface area contributed by atoms with Crippen LogP contribution >= 0.6 is 0 Å². The van der Waals surface area contributed by atoms with Gasteiger partial charge in [0.05, 0.1) is 17.4 Å². The van der Waals surface area contributed by atoms with E-state index in [1.165, 1.54) is 12.4 Å². The molecule has 1 N–H and O–H groups in total. The van der Waals surface area contributed by atoms with Crippen molar-refractivity contribution in [2.45, 2.75) is 0 Å². The van der Waals surface area contributed by atoms with Crippen molar-refractivity contribution >= 4 is 11.6 Å². The summed E-state index contributed by atoms with van der Waals surface area (Å²) in [4.78, 5) is 19.8. The molecule has 0 aliphatic rings. The third-order valence-corrected chi connectivity index (χ3v) is 3.20. The van der Waals surface area contributed by atoms with Crippen molar-refractivity contribution in [3.63, 3.8) is 0 Å². The van der Waals surface area contributed by atoms with Gasteiger partial charge in [0.15, 0.2) is 0 Å². The van der Waals surface area contributed by atoms with Crippen LogP contribution in [0.3, 0.4) is 0 Å². The van der Waals surface area contributed by atoms with Crippen molar-refractivity contribution in [3.05, 3.63) is 78.0 Å². The molecule has 0 saturated carbocycles. The second kappa shape index (κ2) is 6.49. The van der Waals surface area contributed by atoms with Crippen LogP contribution in [0.2, 0.25) is 0 Å². The molecule has 3 aromatic rings. The monoisotopic (exact) mass is 329 g/mol. The topological polar surface area (TPSA) is 54.9 Å². The highest BCUT2D eigenvalue weighted by Crippen LogP contribution is 2.27. The Bertz CT molecular complexity index is 881. The second-order valence-corrected chi connectivity index (χ2v) is 4.82. The molecule has 0 fully saturated rings. The van der Waals surface area contributed by atoms with Gasteiger partial charge in [0.1, 0.15) is 28.8 Å². The molecule has 1 amide bonds. The fourth-order valence-corrected chi connectivity index (χ4v) is 2.10. The number of hydrogen-bond acceptors (Lipinski definition) is 3. The lowest BCUT2D eigenvalue weighted by Gasteiger charge is -2.08. The summed E-state index contributed by atoms with van der Waals surface area (Å²) in [5.41, 5.74) is -0.958. The molecule has 7 heteroatoms. The maximum atomic E-state index is 14.0. The standard InChI is InChI=1S/C17H10F3N3O/c18-11-4-1-5-12(19)15(11)16-13(20)6-7-14(23-16)17(24)22-10-3-2-8-21-9-10/h1-9H,(H,22,24). The van der Waals surface area contributed by atoms with Crippen LogP contribution < -0.4 is 5.32 Å². The average molecular weight is 329 g/mol. The summed E-state index contributed by atoms with van der Waals surface area (Å²) in [7, 11) is 0. The minimum Gasteiger partial charge on any atom is -0.319 e. The highest BCUT2D eigenvalue weighted by molar-refractivity contribution is 6.03. The molecule has 0 spiro atoms.